The standard InChI is InChI=1S/C13H11BrN2O/c1-16(10-5-4-8-15-9-10)13(17)11-6-2-3-7-12(11)14/h2-9H,1H3. The Morgan fingerprint density at radius 1 is 1.24 bits per heavy atom. The van der Waals surface area contributed by atoms with Crippen LogP contribution in [0.2, 0.25) is 0 Å². The maximum atomic E-state index is 12.2. The fourth-order valence-electron chi connectivity index (χ4n) is 1.48. The summed E-state index contributed by atoms with van der Waals surface area (Å²) >= 11 is 3.37. The van der Waals surface area contributed by atoms with E-state index in [1.54, 1.807) is 36.5 Å². The third kappa shape index (κ3) is 2.53. The Bertz CT molecular complexity index is 528. The quantitative estimate of drug-likeness (QED) is 0.851. The zero-order valence-corrected chi connectivity index (χ0v) is 10.9. The summed E-state index contributed by atoms with van der Waals surface area (Å²) in [6.07, 6.45) is 3.34. The molecule has 0 bridgehead atoms. The average molecular weight is 291 g/mol. The lowest BCUT2D eigenvalue weighted by Crippen LogP contribution is -2.26. The van der Waals surface area contributed by atoms with Gasteiger partial charge in [0, 0.05) is 17.7 Å². The molecule has 3 nitrogen and oxygen atoms in total. The zero-order chi connectivity index (χ0) is 12.3. The van der Waals surface area contributed by atoms with Gasteiger partial charge < -0.3 is 4.90 Å². The topological polar surface area (TPSA) is 33.2 Å². The van der Waals surface area contributed by atoms with E-state index < -0.39 is 0 Å². The van der Waals surface area contributed by atoms with Gasteiger partial charge in [0.15, 0.2) is 0 Å². The number of hydrogen-bond donors (Lipinski definition) is 0. The van der Waals surface area contributed by atoms with Gasteiger partial charge >= 0.3 is 0 Å². The molecule has 0 aliphatic rings. The maximum Gasteiger partial charge on any atom is 0.259 e. The van der Waals surface area contributed by atoms with Crippen LogP contribution in [-0.4, -0.2) is 17.9 Å². The second-order valence-electron chi connectivity index (χ2n) is 3.56. The van der Waals surface area contributed by atoms with Crippen molar-refractivity contribution >= 4 is 27.5 Å². The van der Waals surface area contributed by atoms with Crippen molar-refractivity contribution in [3.8, 4) is 0 Å². The number of pyridine rings is 1. The molecule has 17 heavy (non-hydrogen) atoms. The van der Waals surface area contributed by atoms with Crippen LogP contribution in [0.15, 0.2) is 53.3 Å². The molecule has 0 saturated carbocycles. The fraction of sp³-hybridized carbons (Fsp3) is 0.0769. The molecule has 0 aliphatic heterocycles. The number of hydrogen-bond acceptors (Lipinski definition) is 2. The van der Waals surface area contributed by atoms with Crippen molar-refractivity contribution in [2.75, 3.05) is 11.9 Å². The molecule has 0 unspecified atom stereocenters. The monoisotopic (exact) mass is 290 g/mol. The number of amides is 1. The lowest BCUT2D eigenvalue weighted by Gasteiger charge is -2.17. The van der Waals surface area contributed by atoms with Crippen LogP contribution in [0.4, 0.5) is 5.69 Å². The van der Waals surface area contributed by atoms with Crippen molar-refractivity contribution in [2.24, 2.45) is 0 Å². The summed E-state index contributed by atoms with van der Waals surface area (Å²) in [6.45, 7) is 0. The van der Waals surface area contributed by atoms with Gasteiger partial charge in [-0.1, -0.05) is 12.1 Å². The first-order valence-electron chi connectivity index (χ1n) is 5.13. The van der Waals surface area contributed by atoms with Crippen molar-refractivity contribution in [2.45, 2.75) is 0 Å². The van der Waals surface area contributed by atoms with Crippen LogP contribution in [0.3, 0.4) is 0 Å². The van der Waals surface area contributed by atoms with Crippen molar-refractivity contribution < 1.29 is 4.79 Å². The van der Waals surface area contributed by atoms with Crippen LogP contribution >= 0.6 is 15.9 Å². The molecule has 0 fully saturated rings. The van der Waals surface area contributed by atoms with Gasteiger partial charge in [-0.05, 0) is 40.2 Å². The first-order chi connectivity index (χ1) is 8.20. The largest absolute Gasteiger partial charge is 0.310 e. The van der Waals surface area contributed by atoms with Crippen LogP contribution in [-0.2, 0) is 0 Å². The van der Waals surface area contributed by atoms with E-state index in [0.717, 1.165) is 10.2 Å². The molecular formula is C13H11BrN2O. The summed E-state index contributed by atoms with van der Waals surface area (Å²) in [5.41, 5.74) is 1.41. The van der Waals surface area contributed by atoms with Gasteiger partial charge in [0.1, 0.15) is 0 Å². The van der Waals surface area contributed by atoms with E-state index in [9.17, 15) is 4.79 Å². The highest BCUT2D eigenvalue weighted by atomic mass is 79.9. The Labute approximate surface area is 108 Å². The van der Waals surface area contributed by atoms with E-state index in [4.69, 9.17) is 0 Å². The molecule has 4 heteroatoms. The summed E-state index contributed by atoms with van der Waals surface area (Å²) < 4.78 is 0.792. The Morgan fingerprint density at radius 2 is 2.00 bits per heavy atom. The molecule has 86 valence electrons. The zero-order valence-electron chi connectivity index (χ0n) is 9.30. The van der Waals surface area contributed by atoms with E-state index in [-0.39, 0.29) is 5.91 Å². The average Bonchev–Trinajstić information content (AvgIpc) is 2.39. The third-order valence-electron chi connectivity index (χ3n) is 2.44. The summed E-state index contributed by atoms with van der Waals surface area (Å²) in [5.74, 6) is -0.0644. The number of nitrogens with zero attached hydrogens (tertiary/aromatic N) is 2. The summed E-state index contributed by atoms with van der Waals surface area (Å²) in [6, 6.07) is 11.0. The lowest BCUT2D eigenvalue weighted by atomic mass is 10.2. The number of carbonyl (C=O) groups is 1. The van der Waals surface area contributed by atoms with Gasteiger partial charge in [0.05, 0.1) is 17.4 Å². The van der Waals surface area contributed by atoms with E-state index >= 15 is 0 Å². The Morgan fingerprint density at radius 3 is 2.65 bits per heavy atom. The van der Waals surface area contributed by atoms with E-state index in [0.29, 0.717) is 5.56 Å². The smallest absolute Gasteiger partial charge is 0.259 e. The predicted octanol–water partition coefficient (Wildman–Crippen LogP) is 3.12. The molecule has 0 spiro atoms. The molecule has 1 aromatic heterocycles. The number of halogens is 1. The van der Waals surface area contributed by atoms with E-state index in [2.05, 4.69) is 20.9 Å². The third-order valence-corrected chi connectivity index (χ3v) is 3.13. The summed E-state index contributed by atoms with van der Waals surface area (Å²) in [4.78, 5) is 17.8. The second kappa shape index (κ2) is 5.10. The minimum atomic E-state index is -0.0644. The molecule has 1 aromatic carbocycles. The number of anilines is 1. The number of carbonyl (C=O) groups excluding carboxylic acids is 1. The molecule has 0 radical (unpaired) electrons. The lowest BCUT2D eigenvalue weighted by molar-refractivity contribution is 0.0992. The number of aromatic nitrogens is 1. The van der Waals surface area contributed by atoms with Gasteiger partial charge in [-0.25, -0.2) is 0 Å². The molecule has 1 heterocycles. The van der Waals surface area contributed by atoms with E-state index in [1.165, 1.54) is 0 Å². The van der Waals surface area contributed by atoms with E-state index in [1.807, 2.05) is 24.3 Å². The van der Waals surface area contributed by atoms with Crippen molar-refractivity contribution in [1.82, 2.24) is 4.98 Å². The highest BCUT2D eigenvalue weighted by molar-refractivity contribution is 9.10. The summed E-state index contributed by atoms with van der Waals surface area (Å²) in [5, 5.41) is 0. The molecule has 0 aliphatic carbocycles. The van der Waals surface area contributed by atoms with Crippen LogP contribution < -0.4 is 4.90 Å². The predicted molar refractivity (Wildman–Crippen MR) is 71.1 cm³/mol. The molecule has 0 N–H and O–H groups in total. The Hall–Kier alpha value is -1.68. The van der Waals surface area contributed by atoms with Gasteiger partial charge in [-0.2, -0.15) is 0 Å². The van der Waals surface area contributed by atoms with Crippen LogP contribution in [0.1, 0.15) is 10.4 Å². The fourth-order valence-corrected chi connectivity index (χ4v) is 1.94. The van der Waals surface area contributed by atoms with Crippen molar-refractivity contribution in [1.29, 1.82) is 0 Å². The van der Waals surface area contributed by atoms with Crippen molar-refractivity contribution in [3.63, 3.8) is 0 Å². The van der Waals surface area contributed by atoms with Crippen LogP contribution in [0.5, 0.6) is 0 Å². The Kier molecular flexibility index (Phi) is 3.54. The molecule has 2 aromatic rings. The molecule has 0 atom stereocenters. The van der Waals surface area contributed by atoms with Gasteiger partial charge in [-0.3, -0.25) is 9.78 Å². The molecule has 1 amide bonds. The van der Waals surface area contributed by atoms with Gasteiger partial charge in [0.2, 0.25) is 0 Å². The second-order valence-corrected chi connectivity index (χ2v) is 4.41. The normalized spacial score (nSPS) is 10.0. The van der Waals surface area contributed by atoms with Crippen LogP contribution in [0.25, 0.3) is 0 Å². The first kappa shape index (κ1) is 11.8. The van der Waals surface area contributed by atoms with Gasteiger partial charge in [-0.15, -0.1) is 0 Å². The number of benzene rings is 1. The molecule has 2 rings (SSSR count). The highest BCUT2D eigenvalue weighted by Gasteiger charge is 2.15. The highest BCUT2D eigenvalue weighted by Crippen LogP contribution is 2.20. The SMILES string of the molecule is CN(C(=O)c1ccccc1Br)c1cccnc1. The Balaban J connectivity index is 2.30. The van der Waals surface area contributed by atoms with Gasteiger partial charge in [0.25, 0.3) is 5.91 Å². The molecular weight excluding hydrogens is 280 g/mol. The first-order valence-corrected chi connectivity index (χ1v) is 5.92. The van der Waals surface area contributed by atoms with Crippen molar-refractivity contribution in [3.05, 3.63) is 58.8 Å². The maximum absolute atomic E-state index is 12.2. The minimum Gasteiger partial charge on any atom is -0.310 e. The van der Waals surface area contributed by atoms with Crippen LogP contribution in [0, 0.1) is 0 Å². The summed E-state index contributed by atoms with van der Waals surface area (Å²) in [7, 11) is 1.73. The number of rotatable bonds is 2. The molecule has 0 saturated heterocycles. The minimum absolute atomic E-state index is 0.0644.